The number of aromatic nitrogens is 2. The normalized spacial score (nSPS) is 12.3. The second-order valence-corrected chi connectivity index (χ2v) is 6.23. The van der Waals surface area contributed by atoms with Crippen LogP contribution in [-0.2, 0) is 0 Å². The summed E-state index contributed by atoms with van der Waals surface area (Å²) in [6, 6.07) is 8.17. The van der Waals surface area contributed by atoms with Crippen LogP contribution in [0.2, 0.25) is 0 Å². The fourth-order valence-corrected chi connectivity index (χ4v) is 2.91. The van der Waals surface area contributed by atoms with Crippen molar-refractivity contribution in [2.75, 3.05) is 0 Å². The van der Waals surface area contributed by atoms with E-state index in [0.29, 0.717) is 34.8 Å². The number of carbonyl (C=O) groups is 1. The van der Waals surface area contributed by atoms with Gasteiger partial charge < -0.3 is 0 Å². The Balaban J connectivity index is 2.38. The molecule has 1 heterocycles. The summed E-state index contributed by atoms with van der Waals surface area (Å²) in [5, 5.41) is -0.0336. The largest absolute Gasteiger partial charge is 0.422 e. The lowest BCUT2D eigenvalue weighted by atomic mass is 10.0. The molecule has 1 aromatic carbocycles. The summed E-state index contributed by atoms with van der Waals surface area (Å²) in [4.78, 5) is 19.1. The van der Waals surface area contributed by atoms with Gasteiger partial charge in [0.1, 0.15) is 4.91 Å². The molecular weight excluding hydrogens is 337 g/mol. The first-order valence-corrected chi connectivity index (χ1v) is 7.87. The Labute approximate surface area is 142 Å². The molecule has 0 bridgehead atoms. The fourth-order valence-electron chi connectivity index (χ4n) is 2.05. The van der Waals surface area contributed by atoms with Crippen LogP contribution in [0.3, 0.4) is 0 Å². The van der Waals surface area contributed by atoms with Gasteiger partial charge in [0, 0.05) is 23.0 Å². The summed E-state index contributed by atoms with van der Waals surface area (Å²) < 4.78 is 39.9. The van der Waals surface area contributed by atoms with Crippen molar-refractivity contribution in [1.82, 2.24) is 9.97 Å². The van der Waals surface area contributed by atoms with E-state index in [1.807, 2.05) is 0 Å². The number of allylic oxidation sites excluding steroid dienone is 2. The molecule has 0 atom stereocenters. The number of hydrogen-bond donors (Lipinski definition) is 0. The lowest BCUT2D eigenvalue weighted by molar-refractivity contribution is -0.0837. The van der Waals surface area contributed by atoms with Crippen LogP contribution in [0.4, 0.5) is 13.2 Å². The van der Waals surface area contributed by atoms with E-state index in [4.69, 9.17) is 0 Å². The van der Waals surface area contributed by atoms with Gasteiger partial charge in [0.2, 0.25) is 0 Å². The van der Waals surface area contributed by atoms with Gasteiger partial charge in [-0.15, -0.1) is 0 Å². The minimum absolute atomic E-state index is 0.0336. The van der Waals surface area contributed by atoms with Crippen molar-refractivity contribution in [3.63, 3.8) is 0 Å². The van der Waals surface area contributed by atoms with Gasteiger partial charge in [-0.05, 0) is 44.2 Å². The molecule has 0 aliphatic rings. The number of nitrogens with zero attached hydrogens (tertiary/aromatic N) is 2. The second kappa shape index (κ2) is 7.17. The quantitative estimate of drug-likeness (QED) is 0.342. The number of hydrogen-bond acceptors (Lipinski definition) is 4. The van der Waals surface area contributed by atoms with E-state index in [9.17, 15) is 18.0 Å². The molecule has 0 radical (unpaired) electrons. The number of halogens is 3. The Kier molecular flexibility index (Phi) is 5.43. The zero-order valence-corrected chi connectivity index (χ0v) is 14.1. The van der Waals surface area contributed by atoms with Gasteiger partial charge in [0.25, 0.3) is 0 Å². The maximum atomic E-state index is 13.3. The summed E-state index contributed by atoms with van der Waals surface area (Å²) in [5.41, 5.74) is 1.99. The van der Waals surface area contributed by atoms with Gasteiger partial charge in [-0.25, -0.2) is 9.97 Å². The Bertz CT molecular complexity index is 780. The first-order valence-electron chi connectivity index (χ1n) is 7.06. The Hall–Kier alpha value is -2.15. The number of ketones is 1. The minimum Gasteiger partial charge on any atom is -0.289 e. The topological polar surface area (TPSA) is 42.9 Å². The third kappa shape index (κ3) is 4.67. The molecule has 0 saturated heterocycles. The third-order valence-electron chi connectivity index (χ3n) is 3.12. The Morgan fingerprint density at radius 3 is 2.21 bits per heavy atom. The van der Waals surface area contributed by atoms with Crippen molar-refractivity contribution in [2.45, 2.75) is 32.1 Å². The van der Waals surface area contributed by atoms with E-state index in [0.717, 1.165) is 0 Å². The van der Waals surface area contributed by atoms with Crippen molar-refractivity contribution in [2.24, 2.45) is 0 Å². The number of rotatable bonds is 4. The summed E-state index contributed by atoms with van der Waals surface area (Å²) in [5.74, 6) is -0.697. The highest BCUT2D eigenvalue weighted by Gasteiger charge is 2.36. The molecule has 0 aliphatic heterocycles. The van der Waals surface area contributed by atoms with E-state index in [2.05, 4.69) is 9.97 Å². The van der Waals surface area contributed by atoms with Crippen molar-refractivity contribution in [3.05, 3.63) is 63.8 Å². The Morgan fingerprint density at radius 1 is 1.08 bits per heavy atom. The van der Waals surface area contributed by atoms with Crippen molar-refractivity contribution < 1.29 is 18.0 Å². The highest BCUT2D eigenvalue weighted by Crippen LogP contribution is 2.38. The van der Waals surface area contributed by atoms with Gasteiger partial charge in [0.05, 0.1) is 0 Å². The predicted octanol–water partition coefficient (Wildman–Crippen LogP) is 4.82. The molecule has 0 spiro atoms. The molecule has 0 fully saturated rings. The SMILES string of the molecule is Cc1cc(C)nc(S/C(=C/C(=O)c2ccccc2C)C(F)(F)F)n1. The average molecular weight is 352 g/mol. The van der Waals surface area contributed by atoms with E-state index < -0.39 is 16.9 Å². The molecule has 0 saturated carbocycles. The van der Waals surface area contributed by atoms with Crippen LogP contribution in [0.1, 0.15) is 27.3 Å². The highest BCUT2D eigenvalue weighted by molar-refractivity contribution is 8.03. The molecule has 3 nitrogen and oxygen atoms in total. The summed E-state index contributed by atoms with van der Waals surface area (Å²) >= 11 is 0.346. The first kappa shape index (κ1) is 18.2. The van der Waals surface area contributed by atoms with Crippen LogP contribution in [0.5, 0.6) is 0 Å². The summed E-state index contributed by atoms with van der Waals surface area (Å²) in [6.07, 6.45) is -4.06. The van der Waals surface area contributed by atoms with Gasteiger partial charge in [-0.2, -0.15) is 13.2 Å². The van der Waals surface area contributed by atoms with E-state index in [-0.39, 0.29) is 10.7 Å². The van der Waals surface area contributed by atoms with E-state index >= 15 is 0 Å². The number of alkyl halides is 3. The zero-order valence-electron chi connectivity index (χ0n) is 13.3. The van der Waals surface area contributed by atoms with Crippen LogP contribution in [0.25, 0.3) is 0 Å². The number of carbonyl (C=O) groups excluding carboxylic acids is 1. The van der Waals surface area contributed by atoms with Gasteiger partial charge in [-0.3, -0.25) is 4.79 Å². The average Bonchev–Trinajstić information content (AvgIpc) is 2.44. The van der Waals surface area contributed by atoms with Gasteiger partial charge in [0.15, 0.2) is 10.9 Å². The minimum atomic E-state index is -4.66. The number of benzene rings is 1. The molecule has 2 aromatic rings. The molecule has 7 heteroatoms. The van der Waals surface area contributed by atoms with Crippen molar-refractivity contribution >= 4 is 17.5 Å². The van der Waals surface area contributed by atoms with Gasteiger partial charge in [-0.1, -0.05) is 24.3 Å². The lowest BCUT2D eigenvalue weighted by Gasteiger charge is -2.11. The van der Waals surface area contributed by atoms with Crippen LogP contribution >= 0.6 is 11.8 Å². The summed E-state index contributed by atoms with van der Waals surface area (Å²) in [7, 11) is 0. The first-order chi connectivity index (χ1) is 11.2. The second-order valence-electron chi connectivity index (χ2n) is 5.22. The molecule has 2 rings (SSSR count). The van der Waals surface area contributed by atoms with Crippen molar-refractivity contribution in [3.8, 4) is 0 Å². The van der Waals surface area contributed by atoms with Crippen LogP contribution in [0, 0.1) is 20.8 Å². The standard InChI is InChI=1S/C17H15F3N2OS/c1-10-6-4-5-7-13(10)14(23)9-15(17(18,19)20)24-16-21-11(2)8-12(3)22-16/h4-9H,1-3H3/b15-9+. The van der Waals surface area contributed by atoms with Gasteiger partial charge >= 0.3 is 6.18 Å². The molecule has 1 aromatic heterocycles. The molecule has 24 heavy (non-hydrogen) atoms. The molecule has 0 aliphatic carbocycles. The monoisotopic (exact) mass is 352 g/mol. The zero-order chi connectivity index (χ0) is 17.9. The number of thioether (sulfide) groups is 1. The van der Waals surface area contributed by atoms with Crippen molar-refractivity contribution in [1.29, 1.82) is 0 Å². The molecule has 0 amide bonds. The highest BCUT2D eigenvalue weighted by atomic mass is 32.2. The Morgan fingerprint density at radius 2 is 1.67 bits per heavy atom. The van der Waals surface area contributed by atoms with E-state index in [1.54, 1.807) is 45.0 Å². The lowest BCUT2D eigenvalue weighted by Crippen LogP contribution is -2.12. The molecular formula is C17H15F3N2OS. The van der Waals surface area contributed by atoms with Crippen LogP contribution in [-0.4, -0.2) is 21.9 Å². The number of aryl methyl sites for hydroxylation is 3. The molecule has 0 N–H and O–H groups in total. The third-order valence-corrected chi connectivity index (χ3v) is 4.05. The van der Waals surface area contributed by atoms with E-state index in [1.165, 1.54) is 6.07 Å². The molecule has 126 valence electrons. The smallest absolute Gasteiger partial charge is 0.289 e. The van der Waals surface area contributed by atoms with Crippen LogP contribution in [0.15, 0.2) is 46.5 Å². The maximum absolute atomic E-state index is 13.3. The summed E-state index contributed by atoms with van der Waals surface area (Å²) in [6.45, 7) is 5.02. The molecule has 0 unspecified atom stereocenters. The predicted molar refractivity (Wildman–Crippen MR) is 87.0 cm³/mol. The fraction of sp³-hybridized carbons (Fsp3) is 0.235. The maximum Gasteiger partial charge on any atom is 0.422 e. The van der Waals surface area contributed by atoms with Crippen LogP contribution < -0.4 is 0 Å².